The lowest BCUT2D eigenvalue weighted by atomic mass is 10.3. The minimum Gasteiger partial charge on any atom is -0.480 e. The second kappa shape index (κ2) is 6.59. The van der Waals surface area contributed by atoms with Gasteiger partial charge in [0.15, 0.2) is 6.04 Å². The quantitative estimate of drug-likeness (QED) is 0.670. The van der Waals surface area contributed by atoms with Crippen molar-refractivity contribution in [1.82, 2.24) is 20.5 Å². The molecule has 0 bridgehead atoms. The Morgan fingerprint density at radius 1 is 1.32 bits per heavy atom. The van der Waals surface area contributed by atoms with Crippen molar-refractivity contribution in [2.75, 3.05) is 19.0 Å². The second-order valence-electron chi connectivity index (χ2n) is 3.75. The molecule has 1 heterocycles. The molecule has 0 fully saturated rings. The molecule has 9 nitrogen and oxygen atoms in total. The molecule has 104 valence electrons. The maximum Gasteiger partial charge on any atom is 0.328 e. The number of amides is 2. The van der Waals surface area contributed by atoms with E-state index >= 15 is 0 Å². The first-order valence-corrected chi connectivity index (χ1v) is 5.41. The predicted molar refractivity (Wildman–Crippen MR) is 64.8 cm³/mol. The molecule has 3 N–H and O–H groups in total. The molecule has 9 heteroatoms. The van der Waals surface area contributed by atoms with Crippen LogP contribution in [0, 0.1) is 13.8 Å². The summed E-state index contributed by atoms with van der Waals surface area (Å²) in [5.74, 6) is -1.20. The van der Waals surface area contributed by atoms with Gasteiger partial charge in [-0.15, -0.1) is 5.10 Å². The minimum absolute atomic E-state index is 0.00200. The van der Waals surface area contributed by atoms with Gasteiger partial charge in [-0.2, -0.15) is 5.10 Å². The van der Waals surface area contributed by atoms with Crippen molar-refractivity contribution in [1.29, 1.82) is 0 Å². The largest absolute Gasteiger partial charge is 0.480 e. The molecular formula is C10H15N5O4. The molecule has 1 atom stereocenters. The molecule has 1 aromatic rings. The molecule has 0 saturated heterocycles. The van der Waals surface area contributed by atoms with E-state index in [9.17, 15) is 9.59 Å². The molecule has 0 spiro atoms. The summed E-state index contributed by atoms with van der Waals surface area (Å²) >= 11 is 0. The van der Waals surface area contributed by atoms with Gasteiger partial charge >= 0.3 is 12.0 Å². The monoisotopic (exact) mass is 269 g/mol. The fraction of sp³-hybridized carbons (Fsp3) is 0.500. The third-order valence-electron chi connectivity index (χ3n) is 2.25. The number of aliphatic carboxylic acids is 1. The number of aryl methyl sites for hydroxylation is 2. The summed E-state index contributed by atoms with van der Waals surface area (Å²) in [6.45, 7) is 3.31. The predicted octanol–water partition coefficient (Wildman–Crippen LogP) is -0.290. The maximum atomic E-state index is 11.5. The highest BCUT2D eigenvalue weighted by Gasteiger charge is 2.20. The fourth-order valence-corrected chi connectivity index (χ4v) is 1.15. The first-order chi connectivity index (χ1) is 8.93. The van der Waals surface area contributed by atoms with Gasteiger partial charge in [-0.1, -0.05) is 0 Å². The maximum absolute atomic E-state index is 11.5. The van der Waals surface area contributed by atoms with E-state index in [-0.39, 0.29) is 12.6 Å². The number of carboxylic acids is 1. The Labute approximate surface area is 109 Å². The number of aromatic nitrogens is 3. The van der Waals surface area contributed by atoms with E-state index < -0.39 is 18.0 Å². The topological polar surface area (TPSA) is 126 Å². The summed E-state index contributed by atoms with van der Waals surface area (Å²) in [5.41, 5.74) is 1.27. The van der Waals surface area contributed by atoms with Crippen molar-refractivity contribution in [2.24, 2.45) is 0 Å². The smallest absolute Gasteiger partial charge is 0.328 e. The summed E-state index contributed by atoms with van der Waals surface area (Å²) < 4.78 is 4.68. The highest BCUT2D eigenvalue weighted by molar-refractivity contribution is 5.90. The Morgan fingerprint density at radius 2 is 2.00 bits per heavy atom. The van der Waals surface area contributed by atoms with E-state index in [1.54, 1.807) is 13.8 Å². The zero-order valence-electron chi connectivity index (χ0n) is 10.8. The SMILES string of the molecule is COCC(NC(=O)Nc1nnc(C)c(C)n1)C(=O)O. The molecule has 0 aliphatic carbocycles. The summed E-state index contributed by atoms with van der Waals surface area (Å²) in [6.07, 6.45) is 0. The number of anilines is 1. The number of nitrogens with one attached hydrogen (secondary N) is 2. The van der Waals surface area contributed by atoms with Crippen LogP contribution in [-0.2, 0) is 9.53 Å². The molecule has 0 radical (unpaired) electrons. The van der Waals surface area contributed by atoms with Crippen molar-refractivity contribution in [3.05, 3.63) is 11.4 Å². The van der Waals surface area contributed by atoms with Gasteiger partial charge in [0.05, 0.1) is 18.0 Å². The lowest BCUT2D eigenvalue weighted by Crippen LogP contribution is -2.45. The van der Waals surface area contributed by atoms with Crippen molar-refractivity contribution in [3.63, 3.8) is 0 Å². The molecule has 0 aliphatic rings. The van der Waals surface area contributed by atoms with Crippen LogP contribution >= 0.6 is 0 Å². The summed E-state index contributed by atoms with van der Waals surface area (Å²) in [6, 6.07) is -1.89. The van der Waals surface area contributed by atoms with Gasteiger partial charge in [0.2, 0.25) is 0 Å². The second-order valence-corrected chi connectivity index (χ2v) is 3.75. The summed E-state index contributed by atoms with van der Waals surface area (Å²) in [4.78, 5) is 26.3. The van der Waals surface area contributed by atoms with Crippen LogP contribution in [0.5, 0.6) is 0 Å². The van der Waals surface area contributed by atoms with Gasteiger partial charge in [0, 0.05) is 7.11 Å². The molecule has 2 amide bonds. The van der Waals surface area contributed by atoms with Gasteiger partial charge in [0.1, 0.15) is 0 Å². The number of rotatable bonds is 5. The number of carboxylic acid groups (broad SMARTS) is 1. The first-order valence-electron chi connectivity index (χ1n) is 5.41. The average Bonchev–Trinajstić information content (AvgIpc) is 2.33. The van der Waals surface area contributed by atoms with Crippen LogP contribution in [0.4, 0.5) is 10.7 Å². The number of ether oxygens (including phenoxy) is 1. The number of methoxy groups -OCH3 is 1. The van der Waals surface area contributed by atoms with E-state index in [4.69, 9.17) is 5.11 Å². The zero-order valence-corrected chi connectivity index (χ0v) is 10.8. The molecule has 1 unspecified atom stereocenters. The van der Waals surface area contributed by atoms with E-state index in [0.717, 1.165) is 0 Å². The minimum atomic E-state index is -1.20. The number of urea groups is 1. The highest BCUT2D eigenvalue weighted by atomic mass is 16.5. The molecule has 19 heavy (non-hydrogen) atoms. The summed E-state index contributed by atoms with van der Waals surface area (Å²) in [7, 11) is 1.34. The number of carbonyl (C=O) groups is 2. The first kappa shape index (κ1) is 14.8. The third-order valence-corrected chi connectivity index (χ3v) is 2.25. The summed E-state index contributed by atoms with van der Waals surface area (Å²) in [5, 5.41) is 20.8. The van der Waals surface area contributed by atoms with Crippen molar-refractivity contribution >= 4 is 17.9 Å². The Bertz CT molecular complexity index is 479. The fourth-order valence-electron chi connectivity index (χ4n) is 1.15. The molecular weight excluding hydrogens is 254 g/mol. The van der Waals surface area contributed by atoms with Crippen LogP contribution in [0.3, 0.4) is 0 Å². The standard InChI is InChI=1S/C10H15N5O4/c1-5-6(2)14-15-9(11-5)13-10(18)12-7(4-19-3)8(16)17/h7H,4H2,1-3H3,(H,16,17)(H2,11,12,13,15,18). The average molecular weight is 269 g/mol. The molecule has 0 aliphatic heterocycles. The van der Waals surface area contributed by atoms with E-state index in [2.05, 4.69) is 30.6 Å². The Hall–Kier alpha value is -2.29. The van der Waals surface area contributed by atoms with E-state index in [0.29, 0.717) is 11.4 Å². The molecule has 1 aromatic heterocycles. The lowest BCUT2D eigenvalue weighted by molar-refractivity contribution is -0.140. The van der Waals surface area contributed by atoms with Gasteiger partial charge in [-0.25, -0.2) is 14.6 Å². The lowest BCUT2D eigenvalue weighted by Gasteiger charge is -2.13. The van der Waals surface area contributed by atoms with E-state index in [1.807, 2.05) is 0 Å². The number of hydrogen-bond donors (Lipinski definition) is 3. The third kappa shape index (κ3) is 4.47. The van der Waals surface area contributed by atoms with Gasteiger partial charge in [-0.05, 0) is 13.8 Å². The van der Waals surface area contributed by atoms with Gasteiger partial charge in [0.25, 0.3) is 5.95 Å². The van der Waals surface area contributed by atoms with Crippen LogP contribution < -0.4 is 10.6 Å². The molecule has 0 aromatic carbocycles. The highest BCUT2D eigenvalue weighted by Crippen LogP contribution is 2.01. The van der Waals surface area contributed by atoms with Crippen LogP contribution in [0.15, 0.2) is 0 Å². The Kier molecular flexibility index (Phi) is 5.12. The van der Waals surface area contributed by atoms with Crippen molar-refractivity contribution < 1.29 is 19.4 Å². The van der Waals surface area contributed by atoms with Gasteiger partial charge in [-0.3, -0.25) is 5.32 Å². The van der Waals surface area contributed by atoms with Crippen LogP contribution in [0.25, 0.3) is 0 Å². The molecule has 0 saturated carbocycles. The Balaban J connectivity index is 2.63. The number of hydrogen-bond acceptors (Lipinski definition) is 6. The van der Waals surface area contributed by atoms with Crippen LogP contribution in [-0.4, -0.2) is 52.0 Å². The molecule has 1 rings (SSSR count). The van der Waals surface area contributed by atoms with Crippen LogP contribution in [0.1, 0.15) is 11.4 Å². The van der Waals surface area contributed by atoms with Crippen LogP contribution in [0.2, 0.25) is 0 Å². The van der Waals surface area contributed by atoms with Crippen molar-refractivity contribution in [2.45, 2.75) is 19.9 Å². The number of nitrogens with zero attached hydrogens (tertiary/aromatic N) is 3. The zero-order chi connectivity index (χ0) is 14.4. The van der Waals surface area contributed by atoms with Gasteiger partial charge < -0.3 is 15.2 Å². The Morgan fingerprint density at radius 3 is 2.53 bits per heavy atom. The number of carbonyl (C=O) groups excluding carboxylic acids is 1. The van der Waals surface area contributed by atoms with Crippen molar-refractivity contribution in [3.8, 4) is 0 Å². The normalized spacial score (nSPS) is 11.7. The van der Waals surface area contributed by atoms with E-state index in [1.165, 1.54) is 7.11 Å².